The number of carbonyl (C=O) groups excluding carboxylic acids is 1. The lowest BCUT2D eigenvalue weighted by molar-refractivity contribution is -0.146. The molecule has 1 heterocycles. The fraction of sp³-hybridized carbons (Fsp3) is 0.217. The summed E-state index contributed by atoms with van der Waals surface area (Å²) in [4.78, 5) is 12.8. The van der Waals surface area contributed by atoms with Crippen LogP contribution in [0.4, 0.5) is 0 Å². The Morgan fingerprint density at radius 2 is 1.86 bits per heavy atom. The summed E-state index contributed by atoms with van der Waals surface area (Å²) in [6, 6.07) is 16.7. The highest BCUT2D eigenvalue weighted by molar-refractivity contribution is 6.03. The first-order chi connectivity index (χ1) is 13.5. The van der Waals surface area contributed by atoms with Crippen LogP contribution in [0.15, 0.2) is 54.6 Å². The van der Waals surface area contributed by atoms with Crippen molar-refractivity contribution in [2.24, 2.45) is 5.92 Å². The van der Waals surface area contributed by atoms with Crippen LogP contribution in [0.5, 0.6) is 11.5 Å². The van der Waals surface area contributed by atoms with Crippen LogP contribution >= 0.6 is 0 Å². The predicted octanol–water partition coefficient (Wildman–Crippen LogP) is 4.53. The van der Waals surface area contributed by atoms with Gasteiger partial charge in [0.2, 0.25) is 5.90 Å². The van der Waals surface area contributed by atoms with Gasteiger partial charge in [0.05, 0.1) is 6.61 Å². The lowest BCUT2D eigenvalue weighted by atomic mass is 9.76. The summed E-state index contributed by atoms with van der Waals surface area (Å²) in [6.45, 7) is 3.97. The van der Waals surface area contributed by atoms with E-state index in [0.29, 0.717) is 5.75 Å². The Kier molecular flexibility index (Phi) is 4.51. The molecule has 5 nitrogen and oxygen atoms in total. The van der Waals surface area contributed by atoms with Crippen molar-refractivity contribution >= 4 is 22.6 Å². The Hall–Kier alpha value is -3.34. The van der Waals surface area contributed by atoms with Gasteiger partial charge >= 0.3 is 5.97 Å². The van der Waals surface area contributed by atoms with Gasteiger partial charge in [-0.1, -0.05) is 42.0 Å². The number of hydrogen-bond donors (Lipinski definition) is 2. The Morgan fingerprint density at radius 3 is 2.57 bits per heavy atom. The largest absolute Gasteiger partial charge is 0.508 e. The monoisotopic (exact) mass is 375 g/mol. The van der Waals surface area contributed by atoms with Gasteiger partial charge in [-0.15, -0.1) is 0 Å². The van der Waals surface area contributed by atoms with E-state index in [-0.39, 0.29) is 18.3 Å². The molecule has 4 rings (SSSR count). The van der Waals surface area contributed by atoms with Gasteiger partial charge < -0.3 is 14.6 Å². The van der Waals surface area contributed by atoms with Crippen molar-refractivity contribution in [3.05, 3.63) is 71.3 Å². The number of carbonyl (C=O) groups is 1. The van der Waals surface area contributed by atoms with Crippen LogP contribution in [0, 0.1) is 18.3 Å². The third-order valence-corrected chi connectivity index (χ3v) is 5.13. The van der Waals surface area contributed by atoms with Gasteiger partial charge in [-0.25, -0.2) is 0 Å². The van der Waals surface area contributed by atoms with Gasteiger partial charge in [-0.05, 0) is 48.4 Å². The van der Waals surface area contributed by atoms with Gasteiger partial charge in [0.1, 0.15) is 17.4 Å². The highest BCUT2D eigenvalue weighted by atomic mass is 16.5. The minimum absolute atomic E-state index is 0.129. The lowest BCUT2D eigenvalue weighted by Gasteiger charge is -2.33. The third-order valence-electron chi connectivity index (χ3n) is 5.13. The molecule has 2 N–H and O–H groups in total. The number of rotatable bonds is 3. The van der Waals surface area contributed by atoms with Crippen LogP contribution in [0.1, 0.15) is 29.5 Å². The maximum Gasteiger partial charge on any atom is 0.319 e. The van der Waals surface area contributed by atoms with Gasteiger partial charge in [-0.2, -0.15) is 0 Å². The van der Waals surface area contributed by atoms with Crippen LogP contribution in [-0.4, -0.2) is 23.6 Å². The van der Waals surface area contributed by atoms with E-state index in [9.17, 15) is 9.90 Å². The molecule has 0 saturated heterocycles. The number of esters is 1. The lowest BCUT2D eigenvalue weighted by Crippen LogP contribution is -2.38. The van der Waals surface area contributed by atoms with Crippen molar-refractivity contribution in [2.75, 3.05) is 6.61 Å². The second-order valence-electron chi connectivity index (χ2n) is 6.97. The summed E-state index contributed by atoms with van der Waals surface area (Å²) >= 11 is 0. The number of aryl methyl sites for hydroxylation is 1. The molecule has 0 saturated carbocycles. The molecule has 2 unspecified atom stereocenters. The molecule has 0 fully saturated rings. The molecule has 0 radical (unpaired) electrons. The molecule has 3 aromatic rings. The molecule has 1 aliphatic rings. The van der Waals surface area contributed by atoms with E-state index in [0.717, 1.165) is 27.5 Å². The minimum Gasteiger partial charge on any atom is -0.508 e. The Balaban J connectivity index is 2.00. The van der Waals surface area contributed by atoms with E-state index in [1.54, 1.807) is 19.1 Å². The number of hydrogen-bond acceptors (Lipinski definition) is 5. The van der Waals surface area contributed by atoms with Crippen molar-refractivity contribution in [3.8, 4) is 11.5 Å². The van der Waals surface area contributed by atoms with E-state index >= 15 is 0 Å². The molecule has 0 spiro atoms. The minimum atomic E-state index is -0.886. The molecule has 0 aliphatic carbocycles. The number of nitrogens with one attached hydrogen (secondary N) is 1. The summed E-state index contributed by atoms with van der Waals surface area (Å²) in [5, 5.41) is 20.2. The Morgan fingerprint density at radius 1 is 1.14 bits per heavy atom. The number of fused-ring (bicyclic) bond motifs is 3. The van der Waals surface area contributed by atoms with Crippen molar-refractivity contribution in [1.29, 1.82) is 5.41 Å². The molecule has 0 aromatic heterocycles. The molecule has 28 heavy (non-hydrogen) atoms. The quantitative estimate of drug-likeness (QED) is 0.659. The summed E-state index contributed by atoms with van der Waals surface area (Å²) in [5.41, 5.74) is 2.79. The Labute approximate surface area is 163 Å². The van der Waals surface area contributed by atoms with Crippen LogP contribution in [-0.2, 0) is 9.53 Å². The zero-order chi connectivity index (χ0) is 19.8. The summed E-state index contributed by atoms with van der Waals surface area (Å²) in [6.07, 6.45) is 0. The number of ether oxygens (including phenoxy) is 2. The second-order valence-corrected chi connectivity index (χ2v) is 6.97. The number of aromatic hydroxyl groups is 1. The third kappa shape index (κ3) is 2.99. The predicted molar refractivity (Wildman–Crippen MR) is 107 cm³/mol. The Bertz CT molecular complexity index is 1070. The summed E-state index contributed by atoms with van der Waals surface area (Å²) in [5.74, 6) is -1.28. The van der Waals surface area contributed by atoms with Crippen LogP contribution < -0.4 is 4.74 Å². The number of benzene rings is 3. The zero-order valence-corrected chi connectivity index (χ0v) is 15.7. The standard InChI is InChI=1S/C23H21NO4/c1-3-27-23(26)21-19(15-6-4-13(2)5-7-15)20-17-12-16(25)10-8-14(17)9-11-18(20)28-22(21)24/h4-12,19,21,24-25H,3H2,1-2H3. The van der Waals surface area contributed by atoms with E-state index in [2.05, 4.69) is 0 Å². The number of phenols is 1. The molecular weight excluding hydrogens is 354 g/mol. The average molecular weight is 375 g/mol. The molecule has 0 bridgehead atoms. The maximum absolute atomic E-state index is 12.8. The van der Waals surface area contributed by atoms with Gasteiger partial charge in [0, 0.05) is 11.5 Å². The fourth-order valence-electron chi connectivity index (χ4n) is 3.83. The fourth-order valence-corrected chi connectivity index (χ4v) is 3.83. The summed E-state index contributed by atoms with van der Waals surface area (Å²) in [7, 11) is 0. The molecule has 0 amide bonds. The van der Waals surface area contributed by atoms with Gasteiger partial charge in [-0.3, -0.25) is 10.2 Å². The zero-order valence-electron chi connectivity index (χ0n) is 15.7. The van der Waals surface area contributed by atoms with Crippen molar-refractivity contribution < 1.29 is 19.4 Å². The van der Waals surface area contributed by atoms with E-state index in [1.165, 1.54) is 0 Å². The molecular formula is C23H21NO4. The molecule has 2 atom stereocenters. The highest BCUT2D eigenvalue weighted by Crippen LogP contribution is 2.46. The highest BCUT2D eigenvalue weighted by Gasteiger charge is 2.43. The van der Waals surface area contributed by atoms with E-state index < -0.39 is 17.8 Å². The first kappa shape index (κ1) is 18.0. The second kappa shape index (κ2) is 7.00. The average Bonchev–Trinajstić information content (AvgIpc) is 2.67. The van der Waals surface area contributed by atoms with Gasteiger partial charge in [0.25, 0.3) is 0 Å². The van der Waals surface area contributed by atoms with Gasteiger partial charge in [0.15, 0.2) is 0 Å². The van der Waals surface area contributed by atoms with E-state index in [4.69, 9.17) is 14.9 Å². The number of phenolic OH excluding ortho intramolecular Hbond substituents is 1. The van der Waals surface area contributed by atoms with Crippen LogP contribution in [0.3, 0.4) is 0 Å². The van der Waals surface area contributed by atoms with Crippen LogP contribution in [0.25, 0.3) is 10.8 Å². The molecule has 5 heteroatoms. The van der Waals surface area contributed by atoms with Crippen molar-refractivity contribution in [1.82, 2.24) is 0 Å². The molecule has 142 valence electrons. The van der Waals surface area contributed by atoms with Crippen molar-refractivity contribution in [2.45, 2.75) is 19.8 Å². The molecule has 1 aliphatic heterocycles. The van der Waals surface area contributed by atoms with Crippen LogP contribution in [0.2, 0.25) is 0 Å². The first-order valence-electron chi connectivity index (χ1n) is 9.24. The van der Waals surface area contributed by atoms with Crippen molar-refractivity contribution in [3.63, 3.8) is 0 Å². The SMILES string of the molecule is CCOC(=O)C1C(=N)Oc2ccc3ccc(O)cc3c2C1c1ccc(C)cc1. The first-order valence-corrected chi connectivity index (χ1v) is 9.24. The smallest absolute Gasteiger partial charge is 0.319 e. The summed E-state index contributed by atoms with van der Waals surface area (Å²) < 4.78 is 11.0. The topological polar surface area (TPSA) is 79.6 Å². The molecule has 3 aromatic carbocycles. The normalized spacial score (nSPS) is 18.4. The van der Waals surface area contributed by atoms with E-state index in [1.807, 2.05) is 49.4 Å². The maximum atomic E-state index is 12.8.